The molecule has 0 aliphatic heterocycles. The molecular weight excluding hydrogens is 240 g/mol. The zero-order valence-electron chi connectivity index (χ0n) is 11.9. The summed E-state index contributed by atoms with van der Waals surface area (Å²) in [5.74, 6) is 2.68. The molecule has 102 valence electrons. The lowest BCUT2D eigenvalue weighted by Crippen LogP contribution is -2.20. The summed E-state index contributed by atoms with van der Waals surface area (Å²) in [6.45, 7) is 5.41. The summed E-state index contributed by atoms with van der Waals surface area (Å²) in [5.41, 5.74) is 1.21. The van der Waals surface area contributed by atoms with Gasteiger partial charge in [0.2, 0.25) is 5.95 Å². The number of benzene rings is 1. The normalized spacial score (nSPS) is 10.5. The van der Waals surface area contributed by atoms with Crippen molar-refractivity contribution in [2.24, 2.45) is 7.05 Å². The number of anilines is 1. The molecule has 2 rings (SSSR count). The van der Waals surface area contributed by atoms with Crippen LogP contribution in [0.15, 0.2) is 24.3 Å². The zero-order chi connectivity index (χ0) is 13.8. The SMILES string of the molecule is CCOc1ccc(CN(C)c2nnc(C)n2C)cc1. The molecule has 0 saturated carbocycles. The van der Waals surface area contributed by atoms with Crippen LogP contribution in [0, 0.1) is 6.92 Å². The van der Waals surface area contributed by atoms with Crippen LogP contribution in [0.4, 0.5) is 5.95 Å². The molecule has 0 spiro atoms. The number of ether oxygens (including phenoxy) is 1. The maximum Gasteiger partial charge on any atom is 0.227 e. The van der Waals surface area contributed by atoms with Gasteiger partial charge in [0.25, 0.3) is 0 Å². The lowest BCUT2D eigenvalue weighted by molar-refractivity contribution is 0.340. The summed E-state index contributed by atoms with van der Waals surface area (Å²) in [5, 5.41) is 8.24. The van der Waals surface area contributed by atoms with Gasteiger partial charge in [-0.05, 0) is 31.5 Å². The molecule has 0 aliphatic rings. The topological polar surface area (TPSA) is 43.2 Å². The van der Waals surface area contributed by atoms with Gasteiger partial charge in [0, 0.05) is 20.6 Å². The molecule has 0 unspecified atom stereocenters. The van der Waals surface area contributed by atoms with Crippen LogP contribution in [0.3, 0.4) is 0 Å². The molecule has 19 heavy (non-hydrogen) atoms. The van der Waals surface area contributed by atoms with Crippen LogP contribution in [-0.2, 0) is 13.6 Å². The number of hydrogen-bond acceptors (Lipinski definition) is 4. The summed E-state index contributed by atoms with van der Waals surface area (Å²) in [6.07, 6.45) is 0. The molecule has 0 amide bonds. The molecule has 0 radical (unpaired) electrons. The minimum absolute atomic E-state index is 0.692. The second-order valence-electron chi connectivity index (χ2n) is 4.54. The van der Waals surface area contributed by atoms with Crippen molar-refractivity contribution >= 4 is 5.95 Å². The molecule has 0 atom stereocenters. The van der Waals surface area contributed by atoms with Crippen LogP contribution in [0.2, 0.25) is 0 Å². The number of rotatable bonds is 5. The van der Waals surface area contributed by atoms with E-state index in [1.54, 1.807) is 0 Å². The van der Waals surface area contributed by atoms with Gasteiger partial charge in [-0.1, -0.05) is 12.1 Å². The lowest BCUT2D eigenvalue weighted by Gasteiger charge is -2.18. The van der Waals surface area contributed by atoms with E-state index in [1.165, 1.54) is 5.56 Å². The van der Waals surface area contributed by atoms with E-state index in [9.17, 15) is 0 Å². The third-order valence-electron chi connectivity index (χ3n) is 3.07. The first kappa shape index (κ1) is 13.4. The van der Waals surface area contributed by atoms with Crippen molar-refractivity contribution in [3.8, 4) is 5.75 Å². The molecule has 1 heterocycles. The standard InChI is InChI=1S/C14H20N4O/c1-5-19-13-8-6-12(7-9-13)10-17(3)14-16-15-11(2)18(14)4/h6-9H,5,10H2,1-4H3. The average Bonchev–Trinajstić information content (AvgIpc) is 2.73. The number of aryl methyl sites for hydroxylation is 1. The van der Waals surface area contributed by atoms with Gasteiger partial charge in [-0.25, -0.2) is 0 Å². The van der Waals surface area contributed by atoms with Gasteiger partial charge in [0.1, 0.15) is 11.6 Å². The van der Waals surface area contributed by atoms with E-state index < -0.39 is 0 Å². The first-order valence-electron chi connectivity index (χ1n) is 6.40. The second kappa shape index (κ2) is 5.73. The van der Waals surface area contributed by atoms with E-state index in [-0.39, 0.29) is 0 Å². The molecule has 0 fully saturated rings. The quantitative estimate of drug-likeness (QED) is 0.826. The fourth-order valence-corrected chi connectivity index (χ4v) is 1.93. The molecular formula is C14H20N4O. The van der Waals surface area contributed by atoms with E-state index in [0.29, 0.717) is 6.61 Å². The Morgan fingerprint density at radius 2 is 1.89 bits per heavy atom. The summed E-state index contributed by atoms with van der Waals surface area (Å²) in [6, 6.07) is 8.14. The minimum atomic E-state index is 0.692. The highest BCUT2D eigenvalue weighted by atomic mass is 16.5. The predicted octanol–water partition coefficient (Wildman–Crippen LogP) is 2.16. The fourth-order valence-electron chi connectivity index (χ4n) is 1.93. The van der Waals surface area contributed by atoms with Crippen molar-refractivity contribution in [2.45, 2.75) is 20.4 Å². The Bertz CT molecular complexity index is 533. The smallest absolute Gasteiger partial charge is 0.227 e. The van der Waals surface area contributed by atoms with E-state index in [1.807, 2.05) is 44.6 Å². The van der Waals surface area contributed by atoms with Crippen LogP contribution in [0.1, 0.15) is 18.3 Å². The van der Waals surface area contributed by atoms with Crippen LogP contribution in [-0.4, -0.2) is 28.4 Å². The maximum atomic E-state index is 5.43. The molecule has 0 bridgehead atoms. The predicted molar refractivity (Wildman–Crippen MR) is 75.5 cm³/mol. The maximum absolute atomic E-state index is 5.43. The molecule has 0 saturated heterocycles. The van der Waals surface area contributed by atoms with Gasteiger partial charge >= 0.3 is 0 Å². The van der Waals surface area contributed by atoms with Gasteiger partial charge in [0.05, 0.1) is 6.61 Å². The van der Waals surface area contributed by atoms with Crippen molar-refractivity contribution < 1.29 is 4.74 Å². The van der Waals surface area contributed by atoms with Crippen molar-refractivity contribution in [3.05, 3.63) is 35.7 Å². The van der Waals surface area contributed by atoms with E-state index in [4.69, 9.17) is 4.74 Å². The molecule has 0 N–H and O–H groups in total. The first-order valence-corrected chi connectivity index (χ1v) is 6.40. The second-order valence-corrected chi connectivity index (χ2v) is 4.54. The van der Waals surface area contributed by atoms with Gasteiger partial charge in [-0.15, -0.1) is 10.2 Å². The van der Waals surface area contributed by atoms with Gasteiger partial charge in [-0.2, -0.15) is 0 Å². The molecule has 1 aromatic heterocycles. The molecule has 5 nitrogen and oxygen atoms in total. The highest BCUT2D eigenvalue weighted by Gasteiger charge is 2.10. The van der Waals surface area contributed by atoms with Gasteiger partial charge in [0.15, 0.2) is 0 Å². The first-order chi connectivity index (χ1) is 9.11. The Morgan fingerprint density at radius 3 is 2.42 bits per heavy atom. The molecule has 1 aromatic carbocycles. The number of aromatic nitrogens is 3. The van der Waals surface area contributed by atoms with Crippen molar-refractivity contribution in [1.82, 2.24) is 14.8 Å². The molecule has 2 aromatic rings. The largest absolute Gasteiger partial charge is 0.494 e. The van der Waals surface area contributed by atoms with Gasteiger partial charge in [-0.3, -0.25) is 0 Å². The molecule has 5 heteroatoms. The Balaban J connectivity index is 2.06. The molecule has 0 aliphatic carbocycles. The lowest BCUT2D eigenvalue weighted by atomic mass is 10.2. The van der Waals surface area contributed by atoms with Crippen molar-refractivity contribution in [2.75, 3.05) is 18.6 Å². The Kier molecular flexibility index (Phi) is 4.04. The Hall–Kier alpha value is -2.04. The summed E-state index contributed by atoms with van der Waals surface area (Å²) in [7, 11) is 3.99. The van der Waals surface area contributed by atoms with E-state index in [0.717, 1.165) is 24.1 Å². The zero-order valence-corrected chi connectivity index (χ0v) is 11.9. The average molecular weight is 260 g/mol. The third-order valence-corrected chi connectivity index (χ3v) is 3.07. The monoisotopic (exact) mass is 260 g/mol. The number of nitrogens with zero attached hydrogens (tertiary/aromatic N) is 4. The highest BCUT2D eigenvalue weighted by molar-refractivity contribution is 5.34. The van der Waals surface area contributed by atoms with E-state index in [2.05, 4.69) is 27.2 Å². The Morgan fingerprint density at radius 1 is 1.21 bits per heavy atom. The summed E-state index contributed by atoms with van der Waals surface area (Å²) >= 11 is 0. The summed E-state index contributed by atoms with van der Waals surface area (Å²) < 4.78 is 7.41. The van der Waals surface area contributed by atoms with Crippen molar-refractivity contribution in [3.63, 3.8) is 0 Å². The van der Waals surface area contributed by atoms with E-state index >= 15 is 0 Å². The highest BCUT2D eigenvalue weighted by Crippen LogP contribution is 2.16. The summed E-state index contributed by atoms with van der Waals surface area (Å²) in [4.78, 5) is 2.08. The van der Waals surface area contributed by atoms with Crippen LogP contribution < -0.4 is 9.64 Å². The van der Waals surface area contributed by atoms with Crippen LogP contribution in [0.5, 0.6) is 5.75 Å². The number of hydrogen-bond donors (Lipinski definition) is 0. The van der Waals surface area contributed by atoms with Crippen LogP contribution in [0.25, 0.3) is 0 Å². The minimum Gasteiger partial charge on any atom is -0.494 e. The third kappa shape index (κ3) is 3.05. The van der Waals surface area contributed by atoms with Crippen LogP contribution >= 0.6 is 0 Å². The fraction of sp³-hybridized carbons (Fsp3) is 0.429. The van der Waals surface area contributed by atoms with Gasteiger partial charge < -0.3 is 14.2 Å². The Labute approximate surface area is 113 Å². The van der Waals surface area contributed by atoms with Crippen molar-refractivity contribution in [1.29, 1.82) is 0 Å².